The maximum atomic E-state index is 12.8. The highest BCUT2D eigenvalue weighted by Crippen LogP contribution is 2.18. The Morgan fingerprint density at radius 3 is 2.21 bits per heavy atom. The number of nitrogens with one attached hydrogen (secondary N) is 1. The second-order valence-corrected chi connectivity index (χ2v) is 7.30. The summed E-state index contributed by atoms with van der Waals surface area (Å²) in [6.07, 6.45) is 0.805. The molecule has 6 nitrogen and oxygen atoms in total. The smallest absolute Gasteiger partial charge is 0.239 e. The van der Waals surface area contributed by atoms with Crippen LogP contribution in [0.4, 0.5) is 0 Å². The van der Waals surface area contributed by atoms with Crippen LogP contribution in [0.15, 0.2) is 59.4 Å². The quantitative estimate of drug-likeness (QED) is 0.407. The molecule has 6 heteroatoms. The third-order valence-corrected chi connectivity index (χ3v) is 5.15. The van der Waals surface area contributed by atoms with Crippen molar-refractivity contribution < 1.29 is 4.79 Å². The van der Waals surface area contributed by atoms with Crippen LogP contribution in [0.3, 0.4) is 0 Å². The fourth-order valence-electron chi connectivity index (χ4n) is 3.80. The first-order valence-electron chi connectivity index (χ1n) is 9.82. The lowest BCUT2D eigenvalue weighted by atomic mass is 10.1. The van der Waals surface area contributed by atoms with Crippen LogP contribution in [0.1, 0.15) is 17.8 Å². The van der Waals surface area contributed by atoms with E-state index >= 15 is 0 Å². The normalized spacial score (nSPS) is 11.2. The number of aromatic nitrogens is 3. The van der Waals surface area contributed by atoms with Crippen molar-refractivity contribution in [2.24, 2.45) is 0 Å². The molecule has 0 spiro atoms. The lowest BCUT2D eigenvalue weighted by Crippen LogP contribution is -2.30. The Kier molecular flexibility index (Phi) is 5.16. The molecule has 0 fully saturated rings. The first kappa shape index (κ1) is 18.9. The van der Waals surface area contributed by atoms with Gasteiger partial charge in [0.1, 0.15) is 6.54 Å². The van der Waals surface area contributed by atoms with Crippen LogP contribution in [-0.4, -0.2) is 26.8 Å². The Balaban J connectivity index is 1.51. The molecule has 0 aliphatic rings. The third-order valence-electron chi connectivity index (χ3n) is 5.15. The van der Waals surface area contributed by atoms with E-state index in [9.17, 15) is 9.59 Å². The second-order valence-electron chi connectivity index (χ2n) is 7.30. The van der Waals surface area contributed by atoms with E-state index in [0.29, 0.717) is 17.3 Å². The summed E-state index contributed by atoms with van der Waals surface area (Å²) in [7, 11) is 0. The number of hydrogen-bond acceptors (Lipinski definition) is 3. The number of amides is 1. The molecular weight excluding hydrogens is 364 g/mol. The first-order chi connectivity index (χ1) is 14.0. The molecule has 2 aromatic heterocycles. The Morgan fingerprint density at radius 1 is 1.00 bits per heavy atom. The van der Waals surface area contributed by atoms with E-state index in [1.807, 2.05) is 77.7 Å². The molecular formula is C23H24N4O2. The highest BCUT2D eigenvalue weighted by atomic mass is 16.2. The average molecular weight is 388 g/mol. The molecule has 1 amide bonds. The highest BCUT2D eigenvalue weighted by Gasteiger charge is 2.12. The molecule has 0 unspecified atom stereocenters. The van der Waals surface area contributed by atoms with E-state index in [2.05, 4.69) is 10.4 Å². The van der Waals surface area contributed by atoms with E-state index in [1.54, 1.807) is 0 Å². The summed E-state index contributed by atoms with van der Waals surface area (Å²) >= 11 is 0. The largest absolute Gasteiger partial charge is 0.354 e. The fourth-order valence-corrected chi connectivity index (χ4v) is 3.80. The van der Waals surface area contributed by atoms with Crippen molar-refractivity contribution in [3.63, 3.8) is 0 Å². The molecule has 0 bridgehead atoms. The number of carbonyl (C=O) groups is 1. The van der Waals surface area contributed by atoms with Crippen molar-refractivity contribution >= 4 is 27.7 Å². The van der Waals surface area contributed by atoms with Crippen LogP contribution in [0.2, 0.25) is 0 Å². The van der Waals surface area contributed by atoms with Gasteiger partial charge in [-0.3, -0.25) is 14.3 Å². The summed E-state index contributed by atoms with van der Waals surface area (Å²) in [5, 5.41) is 8.69. The summed E-state index contributed by atoms with van der Waals surface area (Å²) < 4.78 is 3.88. The lowest BCUT2D eigenvalue weighted by Gasteiger charge is -2.15. The SMILES string of the molecule is Cc1cc(C)n(CCCNC(=O)Cn2c3ccccc3c(=O)c3ccccc32)n1. The van der Waals surface area contributed by atoms with Gasteiger partial charge in [0.15, 0.2) is 5.43 Å². The zero-order valence-electron chi connectivity index (χ0n) is 16.7. The van der Waals surface area contributed by atoms with Gasteiger partial charge >= 0.3 is 0 Å². The molecule has 0 atom stereocenters. The van der Waals surface area contributed by atoms with Gasteiger partial charge in [0.05, 0.1) is 16.7 Å². The highest BCUT2D eigenvalue weighted by molar-refractivity contribution is 5.94. The Hall–Kier alpha value is -3.41. The van der Waals surface area contributed by atoms with Crippen LogP contribution in [0.5, 0.6) is 0 Å². The van der Waals surface area contributed by atoms with Gasteiger partial charge in [-0.1, -0.05) is 24.3 Å². The summed E-state index contributed by atoms with van der Waals surface area (Å²) in [5.41, 5.74) is 3.67. The molecule has 2 heterocycles. The number of benzene rings is 2. The van der Waals surface area contributed by atoms with Crippen LogP contribution < -0.4 is 10.7 Å². The van der Waals surface area contributed by atoms with Crippen molar-refractivity contribution in [1.82, 2.24) is 19.7 Å². The number of para-hydroxylation sites is 2. The number of rotatable bonds is 6. The molecule has 0 saturated heterocycles. The zero-order chi connectivity index (χ0) is 20.4. The number of carbonyl (C=O) groups excluding carboxylic acids is 1. The van der Waals surface area contributed by atoms with E-state index in [1.165, 1.54) is 0 Å². The van der Waals surface area contributed by atoms with Crippen LogP contribution in [0.25, 0.3) is 21.8 Å². The van der Waals surface area contributed by atoms with Crippen molar-refractivity contribution in [2.75, 3.05) is 6.54 Å². The van der Waals surface area contributed by atoms with Gasteiger partial charge in [0, 0.05) is 29.6 Å². The van der Waals surface area contributed by atoms with Gasteiger partial charge in [0.25, 0.3) is 0 Å². The summed E-state index contributed by atoms with van der Waals surface area (Å²) in [5.74, 6) is -0.0719. The van der Waals surface area contributed by atoms with Crippen LogP contribution in [-0.2, 0) is 17.9 Å². The molecule has 4 rings (SSSR count). The van der Waals surface area contributed by atoms with Crippen molar-refractivity contribution in [3.05, 3.63) is 76.2 Å². The molecule has 2 aromatic carbocycles. The predicted octanol–water partition coefficient (Wildman–Crippen LogP) is 3.17. The molecule has 0 radical (unpaired) electrons. The molecule has 29 heavy (non-hydrogen) atoms. The van der Waals surface area contributed by atoms with Crippen LogP contribution in [0, 0.1) is 13.8 Å². The average Bonchev–Trinajstić information content (AvgIpc) is 3.05. The minimum atomic E-state index is -0.0719. The summed E-state index contributed by atoms with van der Waals surface area (Å²) in [6, 6.07) is 16.9. The van der Waals surface area contributed by atoms with Gasteiger partial charge < -0.3 is 9.88 Å². The van der Waals surface area contributed by atoms with E-state index in [0.717, 1.165) is 35.4 Å². The molecule has 4 aromatic rings. The molecule has 0 aliphatic carbocycles. The molecule has 0 aliphatic heterocycles. The number of pyridine rings is 1. The van der Waals surface area contributed by atoms with Gasteiger partial charge in [-0.15, -0.1) is 0 Å². The Morgan fingerprint density at radius 2 is 1.62 bits per heavy atom. The first-order valence-corrected chi connectivity index (χ1v) is 9.82. The van der Waals surface area contributed by atoms with Gasteiger partial charge in [-0.05, 0) is 50.6 Å². The minimum Gasteiger partial charge on any atom is -0.354 e. The maximum absolute atomic E-state index is 12.8. The maximum Gasteiger partial charge on any atom is 0.239 e. The molecule has 0 saturated carbocycles. The number of nitrogens with zero attached hydrogens (tertiary/aromatic N) is 3. The van der Waals surface area contributed by atoms with Crippen LogP contribution >= 0.6 is 0 Å². The van der Waals surface area contributed by atoms with Gasteiger partial charge in [-0.25, -0.2) is 0 Å². The van der Waals surface area contributed by atoms with E-state index in [-0.39, 0.29) is 17.9 Å². The lowest BCUT2D eigenvalue weighted by molar-refractivity contribution is -0.121. The second kappa shape index (κ2) is 7.91. The van der Waals surface area contributed by atoms with Crippen molar-refractivity contribution in [1.29, 1.82) is 0 Å². The number of fused-ring (bicyclic) bond motifs is 2. The molecule has 1 N–H and O–H groups in total. The predicted molar refractivity (Wildman–Crippen MR) is 115 cm³/mol. The third kappa shape index (κ3) is 3.78. The standard InChI is InChI=1S/C23H24N4O2/c1-16-14-17(2)27(25-16)13-7-12-24-22(28)15-26-20-10-5-3-8-18(20)23(29)19-9-4-6-11-21(19)26/h3-6,8-11,14H,7,12-13,15H2,1-2H3,(H,24,28). The topological polar surface area (TPSA) is 68.9 Å². The van der Waals surface area contributed by atoms with E-state index in [4.69, 9.17) is 0 Å². The monoisotopic (exact) mass is 388 g/mol. The Labute approximate surface area is 168 Å². The molecule has 148 valence electrons. The number of aryl methyl sites for hydroxylation is 3. The van der Waals surface area contributed by atoms with Crippen molar-refractivity contribution in [2.45, 2.75) is 33.4 Å². The van der Waals surface area contributed by atoms with Gasteiger partial charge in [-0.2, -0.15) is 5.10 Å². The summed E-state index contributed by atoms with van der Waals surface area (Å²) in [6.45, 7) is 5.52. The number of hydrogen-bond donors (Lipinski definition) is 1. The van der Waals surface area contributed by atoms with Gasteiger partial charge in [0.2, 0.25) is 5.91 Å². The minimum absolute atomic E-state index is 0.00209. The fraction of sp³-hybridized carbons (Fsp3) is 0.261. The van der Waals surface area contributed by atoms with Crippen molar-refractivity contribution in [3.8, 4) is 0 Å². The van der Waals surface area contributed by atoms with E-state index < -0.39 is 0 Å². The summed E-state index contributed by atoms with van der Waals surface area (Å²) in [4.78, 5) is 25.4. The Bertz CT molecular complexity index is 1190. The zero-order valence-corrected chi connectivity index (χ0v) is 16.7.